The number of anilines is 1. The number of aryl methyl sites for hydroxylation is 1. The third-order valence-electron chi connectivity index (χ3n) is 7.09. The van der Waals surface area contributed by atoms with Crippen molar-refractivity contribution in [3.63, 3.8) is 0 Å². The first-order valence-electron chi connectivity index (χ1n) is 12.9. The predicted molar refractivity (Wildman–Crippen MR) is 146 cm³/mol. The Labute approximate surface area is 221 Å². The molecular formula is C26H38N4O5S2. The molecule has 1 N–H and O–H groups in total. The Morgan fingerprint density at radius 2 is 1.68 bits per heavy atom. The number of piperidine rings is 1. The first-order valence-corrected chi connectivity index (χ1v) is 15.8. The van der Waals surface area contributed by atoms with E-state index in [4.69, 9.17) is 4.74 Å². The van der Waals surface area contributed by atoms with Gasteiger partial charge in [-0.15, -0.1) is 0 Å². The minimum absolute atomic E-state index is 0.144. The zero-order chi connectivity index (χ0) is 26.5. The molecule has 0 amide bonds. The number of fused-ring (bicyclic) bond motifs is 3. The molecule has 1 saturated heterocycles. The molecule has 4 rings (SSSR count). The van der Waals surface area contributed by atoms with Gasteiger partial charge in [0.25, 0.3) is 0 Å². The van der Waals surface area contributed by atoms with Crippen LogP contribution in [0.5, 0.6) is 5.75 Å². The van der Waals surface area contributed by atoms with Crippen molar-refractivity contribution in [2.24, 2.45) is 0 Å². The van der Waals surface area contributed by atoms with Crippen LogP contribution in [0.3, 0.4) is 0 Å². The van der Waals surface area contributed by atoms with Crippen molar-refractivity contribution in [2.45, 2.75) is 49.5 Å². The SMILES string of the molecule is CN(C)S(=O)(=O)Nc1ccc(S(=O)(=O)N2CCCOc3cccc(c3)CCC3CCCCN3CC2)cc1. The van der Waals surface area contributed by atoms with Crippen LogP contribution >= 0.6 is 0 Å². The molecule has 9 nitrogen and oxygen atoms in total. The molecule has 2 aliphatic heterocycles. The van der Waals surface area contributed by atoms with E-state index < -0.39 is 20.2 Å². The predicted octanol–water partition coefficient (Wildman–Crippen LogP) is 3.17. The normalized spacial score (nSPS) is 21.0. The Bertz CT molecular complexity index is 1250. The standard InChI is InChI=1S/C26H38N4O5S2/c1-28(2)37(33,34)27-23-11-14-26(15-12-23)36(31,32)30-17-6-20-35-25-9-5-7-22(21-25)10-13-24-8-3-4-16-29(24)18-19-30/h5,7,9,11-12,14-15,21,24,27H,3-4,6,8,10,13,16-20H2,1-2H3. The summed E-state index contributed by atoms with van der Waals surface area (Å²) >= 11 is 0. The van der Waals surface area contributed by atoms with Crippen LogP contribution in [0, 0.1) is 0 Å². The van der Waals surface area contributed by atoms with Crippen LogP contribution in [0.25, 0.3) is 0 Å². The highest BCUT2D eigenvalue weighted by Gasteiger charge is 2.28. The maximum absolute atomic E-state index is 13.7. The molecule has 0 saturated carbocycles. The smallest absolute Gasteiger partial charge is 0.301 e. The highest BCUT2D eigenvalue weighted by Crippen LogP contribution is 2.25. The molecule has 0 radical (unpaired) electrons. The number of rotatable bonds is 5. The fraction of sp³-hybridized carbons (Fsp3) is 0.538. The second kappa shape index (κ2) is 12.1. The van der Waals surface area contributed by atoms with Gasteiger partial charge in [0, 0.05) is 45.5 Å². The lowest BCUT2D eigenvalue weighted by Crippen LogP contribution is -2.45. The summed E-state index contributed by atoms with van der Waals surface area (Å²) in [6.07, 6.45) is 6.05. The second-order valence-corrected chi connectivity index (χ2v) is 13.7. The summed E-state index contributed by atoms with van der Waals surface area (Å²) in [5.41, 5.74) is 1.58. The van der Waals surface area contributed by atoms with Crippen LogP contribution in [0.1, 0.15) is 37.7 Å². The molecule has 0 spiro atoms. The number of benzene rings is 2. The van der Waals surface area contributed by atoms with E-state index in [2.05, 4.69) is 21.8 Å². The lowest BCUT2D eigenvalue weighted by molar-refractivity contribution is 0.131. The van der Waals surface area contributed by atoms with Gasteiger partial charge in [0.05, 0.1) is 11.5 Å². The number of sulfonamides is 1. The maximum atomic E-state index is 13.7. The average Bonchev–Trinajstić information content (AvgIpc) is 2.87. The van der Waals surface area contributed by atoms with Gasteiger partial charge >= 0.3 is 10.2 Å². The molecule has 1 atom stereocenters. The van der Waals surface area contributed by atoms with Crippen molar-refractivity contribution in [1.82, 2.24) is 13.5 Å². The van der Waals surface area contributed by atoms with Gasteiger partial charge < -0.3 is 4.74 Å². The van der Waals surface area contributed by atoms with Gasteiger partial charge in [-0.05, 0) is 80.6 Å². The molecule has 0 aromatic heterocycles. The summed E-state index contributed by atoms with van der Waals surface area (Å²) in [6.45, 7) is 2.84. The quantitative estimate of drug-likeness (QED) is 0.614. The third-order valence-corrected chi connectivity index (χ3v) is 10.5. The zero-order valence-corrected chi connectivity index (χ0v) is 23.3. The van der Waals surface area contributed by atoms with E-state index in [9.17, 15) is 16.8 Å². The second-order valence-electron chi connectivity index (χ2n) is 9.89. The Morgan fingerprint density at radius 3 is 2.43 bits per heavy atom. The fourth-order valence-corrected chi connectivity index (χ4v) is 7.00. The number of ether oxygens (including phenoxy) is 1. The first-order chi connectivity index (χ1) is 17.6. The Hall–Kier alpha value is -2.18. The van der Waals surface area contributed by atoms with E-state index in [0.717, 1.165) is 42.3 Å². The molecule has 2 heterocycles. The van der Waals surface area contributed by atoms with Gasteiger partial charge in [-0.25, -0.2) is 8.42 Å². The van der Waals surface area contributed by atoms with E-state index in [1.807, 2.05) is 12.1 Å². The molecule has 204 valence electrons. The summed E-state index contributed by atoms with van der Waals surface area (Å²) in [5.74, 6) is 0.820. The maximum Gasteiger partial charge on any atom is 0.301 e. The minimum Gasteiger partial charge on any atom is -0.494 e. The van der Waals surface area contributed by atoms with E-state index in [0.29, 0.717) is 44.4 Å². The number of nitrogens with one attached hydrogen (secondary N) is 1. The highest BCUT2D eigenvalue weighted by atomic mass is 32.2. The largest absolute Gasteiger partial charge is 0.494 e. The molecule has 2 bridgehead atoms. The summed E-state index contributed by atoms with van der Waals surface area (Å²) in [5, 5.41) is 0. The topological polar surface area (TPSA) is 99.3 Å². The van der Waals surface area contributed by atoms with Crippen LogP contribution in [0.2, 0.25) is 0 Å². The Balaban J connectivity index is 1.53. The zero-order valence-electron chi connectivity index (χ0n) is 21.7. The van der Waals surface area contributed by atoms with Crippen molar-refractivity contribution >= 4 is 25.9 Å². The van der Waals surface area contributed by atoms with Crippen molar-refractivity contribution in [1.29, 1.82) is 0 Å². The molecule has 11 heteroatoms. The van der Waals surface area contributed by atoms with Crippen LogP contribution in [-0.2, 0) is 26.7 Å². The molecule has 37 heavy (non-hydrogen) atoms. The monoisotopic (exact) mass is 550 g/mol. The Morgan fingerprint density at radius 1 is 0.892 bits per heavy atom. The first kappa shape index (κ1) is 27.8. The van der Waals surface area contributed by atoms with Gasteiger partial charge in [0.2, 0.25) is 10.0 Å². The lowest BCUT2D eigenvalue weighted by Gasteiger charge is -2.37. The number of nitrogens with zero attached hydrogens (tertiary/aromatic N) is 3. The fourth-order valence-electron chi connectivity index (χ4n) is 4.91. The summed E-state index contributed by atoms with van der Waals surface area (Å²) in [7, 11) is -4.60. The van der Waals surface area contributed by atoms with E-state index in [1.54, 1.807) is 4.31 Å². The minimum atomic E-state index is -3.77. The van der Waals surface area contributed by atoms with Crippen molar-refractivity contribution in [2.75, 3.05) is 51.6 Å². The van der Waals surface area contributed by atoms with Gasteiger partial charge in [-0.2, -0.15) is 17.0 Å². The van der Waals surface area contributed by atoms with Gasteiger partial charge in [0.1, 0.15) is 5.75 Å². The van der Waals surface area contributed by atoms with Crippen LogP contribution in [0.15, 0.2) is 53.4 Å². The number of hydrogen-bond donors (Lipinski definition) is 1. The average molecular weight is 551 g/mol. The molecule has 0 aliphatic carbocycles. The summed E-state index contributed by atoms with van der Waals surface area (Å²) in [4.78, 5) is 2.60. The van der Waals surface area contributed by atoms with E-state index in [-0.39, 0.29) is 4.90 Å². The third kappa shape index (κ3) is 7.23. The van der Waals surface area contributed by atoms with Gasteiger partial charge in [-0.1, -0.05) is 18.6 Å². The molecular weight excluding hydrogens is 512 g/mol. The van der Waals surface area contributed by atoms with E-state index >= 15 is 0 Å². The molecule has 2 aromatic rings. The van der Waals surface area contributed by atoms with Crippen molar-refractivity contribution in [3.05, 3.63) is 54.1 Å². The lowest BCUT2D eigenvalue weighted by atomic mass is 9.95. The van der Waals surface area contributed by atoms with Crippen LogP contribution < -0.4 is 9.46 Å². The molecule has 2 aromatic carbocycles. The highest BCUT2D eigenvalue weighted by molar-refractivity contribution is 7.90. The van der Waals surface area contributed by atoms with E-state index in [1.165, 1.54) is 50.3 Å². The number of hydrogen-bond acceptors (Lipinski definition) is 6. The van der Waals surface area contributed by atoms with Crippen molar-refractivity contribution in [3.8, 4) is 5.75 Å². The van der Waals surface area contributed by atoms with Crippen molar-refractivity contribution < 1.29 is 21.6 Å². The molecule has 1 fully saturated rings. The van der Waals surface area contributed by atoms with Gasteiger partial charge in [-0.3, -0.25) is 9.62 Å². The Kier molecular flexibility index (Phi) is 9.12. The van der Waals surface area contributed by atoms with Gasteiger partial charge in [0.15, 0.2) is 0 Å². The summed E-state index contributed by atoms with van der Waals surface area (Å²) < 4.78 is 62.5. The van der Waals surface area contributed by atoms with Crippen LogP contribution in [0.4, 0.5) is 5.69 Å². The summed E-state index contributed by atoms with van der Waals surface area (Å²) in [6, 6.07) is 14.5. The molecule has 2 aliphatic rings. The molecule has 1 unspecified atom stereocenters. The van der Waals surface area contributed by atoms with Crippen LogP contribution in [-0.4, -0.2) is 83.3 Å².